The molecule has 0 radical (unpaired) electrons. The number of nitrogens with one attached hydrogen (secondary N) is 1. The van der Waals surface area contributed by atoms with Gasteiger partial charge in [-0.2, -0.15) is 0 Å². The Kier molecular flexibility index (Phi) is 7.82. The Morgan fingerprint density at radius 2 is 1.69 bits per heavy atom. The van der Waals surface area contributed by atoms with Crippen molar-refractivity contribution in [1.29, 1.82) is 0 Å². The predicted molar refractivity (Wildman–Crippen MR) is 116 cm³/mol. The van der Waals surface area contributed by atoms with E-state index in [1.54, 1.807) is 32.0 Å². The van der Waals surface area contributed by atoms with Crippen molar-refractivity contribution in [3.05, 3.63) is 64.1 Å². The van der Waals surface area contributed by atoms with E-state index in [0.717, 1.165) is 5.56 Å². The van der Waals surface area contributed by atoms with Crippen molar-refractivity contribution >= 4 is 46.5 Å². The summed E-state index contributed by atoms with van der Waals surface area (Å²) in [6.07, 6.45) is 0.294. The lowest BCUT2D eigenvalue weighted by molar-refractivity contribution is -0.143. The van der Waals surface area contributed by atoms with Crippen LogP contribution < -0.4 is 5.32 Å². The molecule has 7 heteroatoms. The fourth-order valence-electron chi connectivity index (χ4n) is 2.84. The summed E-state index contributed by atoms with van der Waals surface area (Å²) in [7, 11) is 0. The molecule has 0 atom stereocenters. The molecule has 0 aromatic heterocycles. The third kappa shape index (κ3) is 6.31. The SMILES string of the molecule is CC(=O)CCN(C(=O)Cc1ccccc1)C(C)(C)C(=O)Nc1cc(Cl)ccc1Cl. The molecule has 0 fully saturated rings. The molecule has 2 aromatic rings. The van der Waals surface area contributed by atoms with Crippen LogP contribution in [-0.4, -0.2) is 34.6 Å². The molecule has 2 aromatic carbocycles. The van der Waals surface area contributed by atoms with E-state index >= 15 is 0 Å². The van der Waals surface area contributed by atoms with Gasteiger partial charge in [-0.05, 0) is 44.5 Å². The van der Waals surface area contributed by atoms with Gasteiger partial charge in [0.1, 0.15) is 11.3 Å². The smallest absolute Gasteiger partial charge is 0.249 e. The Bertz CT molecular complexity index is 898. The number of rotatable bonds is 8. The Hall–Kier alpha value is -2.37. The number of halogens is 2. The zero-order valence-electron chi connectivity index (χ0n) is 16.7. The fourth-order valence-corrected chi connectivity index (χ4v) is 3.18. The monoisotopic (exact) mass is 434 g/mol. The zero-order chi connectivity index (χ0) is 21.6. The van der Waals surface area contributed by atoms with Crippen LogP contribution >= 0.6 is 23.2 Å². The van der Waals surface area contributed by atoms with Crippen molar-refractivity contribution in [3.8, 4) is 0 Å². The number of hydrogen-bond acceptors (Lipinski definition) is 3. The van der Waals surface area contributed by atoms with Crippen molar-refractivity contribution in [3.63, 3.8) is 0 Å². The standard InChI is InChI=1S/C22H24Cl2N2O3/c1-15(27)11-12-26(20(28)13-16-7-5-4-6-8-16)22(2,3)21(29)25-19-14-17(23)9-10-18(19)24/h4-10,14H,11-13H2,1-3H3,(H,25,29). The van der Waals surface area contributed by atoms with Crippen molar-refractivity contribution in [2.75, 3.05) is 11.9 Å². The number of Topliss-reactive ketones (excluding diaryl/α,β-unsaturated/α-hetero) is 1. The van der Waals surface area contributed by atoms with E-state index < -0.39 is 11.4 Å². The third-order valence-electron chi connectivity index (χ3n) is 4.59. The van der Waals surface area contributed by atoms with Gasteiger partial charge in [-0.15, -0.1) is 0 Å². The lowest BCUT2D eigenvalue weighted by Gasteiger charge is -2.37. The second kappa shape index (κ2) is 9.90. The predicted octanol–water partition coefficient (Wildman–Crippen LogP) is 4.76. The molecular weight excluding hydrogens is 411 g/mol. The van der Waals surface area contributed by atoms with Gasteiger partial charge in [0, 0.05) is 18.0 Å². The van der Waals surface area contributed by atoms with Crippen LogP contribution in [0.25, 0.3) is 0 Å². The molecule has 0 saturated heterocycles. The van der Waals surface area contributed by atoms with Crippen LogP contribution in [0.1, 0.15) is 32.8 Å². The third-order valence-corrected chi connectivity index (χ3v) is 5.16. The van der Waals surface area contributed by atoms with Gasteiger partial charge in [0.25, 0.3) is 0 Å². The first-order valence-electron chi connectivity index (χ1n) is 9.21. The van der Waals surface area contributed by atoms with E-state index in [1.807, 2.05) is 30.3 Å². The maximum Gasteiger partial charge on any atom is 0.249 e. The highest BCUT2D eigenvalue weighted by atomic mass is 35.5. The number of benzene rings is 2. The average molecular weight is 435 g/mol. The molecule has 0 heterocycles. The highest BCUT2D eigenvalue weighted by Gasteiger charge is 2.38. The van der Waals surface area contributed by atoms with Crippen molar-refractivity contribution in [1.82, 2.24) is 4.90 Å². The van der Waals surface area contributed by atoms with Crippen LogP contribution in [0.15, 0.2) is 48.5 Å². The minimum Gasteiger partial charge on any atom is -0.328 e. The lowest BCUT2D eigenvalue weighted by atomic mass is 9.98. The van der Waals surface area contributed by atoms with Gasteiger partial charge in [0.15, 0.2) is 0 Å². The molecule has 5 nitrogen and oxygen atoms in total. The summed E-state index contributed by atoms with van der Waals surface area (Å²) in [5.41, 5.74) is -0.0221. The van der Waals surface area contributed by atoms with Crippen molar-refractivity contribution in [2.24, 2.45) is 0 Å². The first kappa shape index (κ1) is 22.9. The molecule has 0 unspecified atom stereocenters. The molecule has 0 bridgehead atoms. The van der Waals surface area contributed by atoms with Gasteiger partial charge in [-0.3, -0.25) is 14.4 Å². The van der Waals surface area contributed by atoms with E-state index in [2.05, 4.69) is 5.32 Å². The highest BCUT2D eigenvalue weighted by Crippen LogP contribution is 2.27. The van der Waals surface area contributed by atoms with Crippen LogP contribution in [0.2, 0.25) is 10.0 Å². The number of amides is 2. The summed E-state index contributed by atoms with van der Waals surface area (Å²) >= 11 is 12.1. The summed E-state index contributed by atoms with van der Waals surface area (Å²) in [4.78, 5) is 39.1. The maximum atomic E-state index is 13.0. The summed E-state index contributed by atoms with van der Waals surface area (Å²) in [6, 6.07) is 14.0. The molecule has 154 valence electrons. The fraction of sp³-hybridized carbons (Fsp3) is 0.318. The van der Waals surface area contributed by atoms with Gasteiger partial charge in [0.2, 0.25) is 11.8 Å². The number of nitrogens with zero attached hydrogens (tertiary/aromatic N) is 1. The molecule has 0 aliphatic carbocycles. The minimum absolute atomic E-state index is 0.0587. The van der Waals surface area contributed by atoms with Gasteiger partial charge >= 0.3 is 0 Å². The van der Waals surface area contributed by atoms with E-state index in [4.69, 9.17) is 23.2 Å². The lowest BCUT2D eigenvalue weighted by Crippen LogP contribution is -2.56. The Morgan fingerprint density at radius 1 is 1.03 bits per heavy atom. The summed E-state index contributed by atoms with van der Waals surface area (Å²) < 4.78 is 0. The van der Waals surface area contributed by atoms with Crippen molar-refractivity contribution in [2.45, 2.75) is 39.2 Å². The van der Waals surface area contributed by atoms with Gasteiger partial charge in [0.05, 0.1) is 17.1 Å². The number of hydrogen-bond donors (Lipinski definition) is 1. The second-order valence-corrected chi connectivity index (χ2v) is 8.14. The summed E-state index contributed by atoms with van der Waals surface area (Å²) in [6.45, 7) is 4.89. The molecule has 29 heavy (non-hydrogen) atoms. The normalized spacial score (nSPS) is 11.1. The Balaban J connectivity index is 2.26. The van der Waals surface area contributed by atoms with Crippen molar-refractivity contribution < 1.29 is 14.4 Å². The van der Waals surface area contributed by atoms with Crippen LogP contribution in [0.4, 0.5) is 5.69 Å². The molecule has 0 saturated carbocycles. The van der Waals surface area contributed by atoms with E-state index in [-0.39, 0.29) is 31.1 Å². The molecule has 0 aliphatic rings. The van der Waals surface area contributed by atoms with E-state index in [0.29, 0.717) is 15.7 Å². The molecule has 0 aliphatic heterocycles. The first-order chi connectivity index (χ1) is 13.6. The number of anilines is 1. The summed E-state index contributed by atoms with van der Waals surface area (Å²) in [5, 5.41) is 3.51. The highest BCUT2D eigenvalue weighted by molar-refractivity contribution is 6.35. The first-order valence-corrected chi connectivity index (χ1v) is 9.97. The molecule has 2 rings (SSSR count). The number of carbonyl (C=O) groups is 3. The van der Waals surface area contributed by atoms with E-state index in [1.165, 1.54) is 11.8 Å². The van der Waals surface area contributed by atoms with Crippen LogP contribution in [0.5, 0.6) is 0 Å². The van der Waals surface area contributed by atoms with Crippen LogP contribution in [0, 0.1) is 0 Å². The van der Waals surface area contributed by atoms with Crippen LogP contribution in [0.3, 0.4) is 0 Å². The summed E-state index contributed by atoms with van der Waals surface area (Å²) in [5.74, 6) is -0.724. The quantitative estimate of drug-likeness (QED) is 0.650. The topological polar surface area (TPSA) is 66.5 Å². The van der Waals surface area contributed by atoms with Crippen LogP contribution in [-0.2, 0) is 20.8 Å². The number of carbonyl (C=O) groups excluding carboxylic acids is 3. The van der Waals surface area contributed by atoms with E-state index in [9.17, 15) is 14.4 Å². The van der Waals surface area contributed by atoms with Gasteiger partial charge in [-0.25, -0.2) is 0 Å². The Morgan fingerprint density at radius 3 is 2.31 bits per heavy atom. The second-order valence-electron chi connectivity index (χ2n) is 7.30. The largest absolute Gasteiger partial charge is 0.328 e. The molecule has 1 N–H and O–H groups in total. The number of ketones is 1. The minimum atomic E-state index is -1.22. The Labute approximate surface area is 181 Å². The van der Waals surface area contributed by atoms with Gasteiger partial charge < -0.3 is 10.2 Å². The average Bonchev–Trinajstić information content (AvgIpc) is 2.65. The molecular formula is C22H24Cl2N2O3. The molecule has 2 amide bonds. The zero-order valence-corrected chi connectivity index (χ0v) is 18.2. The molecule has 0 spiro atoms. The maximum absolute atomic E-state index is 13.0. The van der Waals surface area contributed by atoms with Gasteiger partial charge in [-0.1, -0.05) is 53.5 Å².